The van der Waals surface area contributed by atoms with Crippen molar-refractivity contribution in [2.75, 3.05) is 11.9 Å². The number of carbonyl (C=O) groups excluding carboxylic acids is 1. The molecule has 1 aliphatic rings. The van der Waals surface area contributed by atoms with Gasteiger partial charge >= 0.3 is 0 Å². The van der Waals surface area contributed by atoms with Crippen LogP contribution in [0, 0.1) is 5.41 Å². The van der Waals surface area contributed by atoms with Gasteiger partial charge < -0.3 is 11.1 Å². The fraction of sp³-hybridized carbons (Fsp3) is 0.562. The molecule has 2 rings (SSSR count). The van der Waals surface area contributed by atoms with Crippen LogP contribution in [0.4, 0.5) is 5.69 Å². The molecule has 1 aliphatic carbocycles. The fourth-order valence-electron chi connectivity index (χ4n) is 2.52. The molecule has 1 atom stereocenters. The molecule has 19 heavy (non-hydrogen) atoms. The summed E-state index contributed by atoms with van der Waals surface area (Å²) < 4.78 is 0. The van der Waals surface area contributed by atoms with Crippen molar-refractivity contribution < 1.29 is 4.79 Å². The van der Waals surface area contributed by atoms with Gasteiger partial charge in [-0.3, -0.25) is 4.79 Å². The van der Waals surface area contributed by atoms with Crippen LogP contribution in [0.15, 0.2) is 24.3 Å². The molecule has 1 aromatic carbocycles. The first kappa shape index (κ1) is 14.1. The van der Waals surface area contributed by atoms with Crippen LogP contribution in [0.2, 0.25) is 0 Å². The first-order valence-corrected chi connectivity index (χ1v) is 7.23. The third-order valence-corrected chi connectivity index (χ3v) is 4.53. The average Bonchev–Trinajstić information content (AvgIpc) is 2.38. The third-order valence-electron chi connectivity index (χ3n) is 4.53. The lowest BCUT2D eigenvalue weighted by molar-refractivity contribution is -0.129. The first-order valence-electron chi connectivity index (χ1n) is 7.23. The van der Waals surface area contributed by atoms with Gasteiger partial charge in [0.2, 0.25) is 5.91 Å². The van der Waals surface area contributed by atoms with Crippen LogP contribution in [0.25, 0.3) is 0 Å². The Labute approximate surface area is 115 Å². The van der Waals surface area contributed by atoms with E-state index in [1.807, 2.05) is 12.1 Å². The van der Waals surface area contributed by atoms with Gasteiger partial charge in [0.25, 0.3) is 0 Å². The molecule has 0 spiro atoms. The summed E-state index contributed by atoms with van der Waals surface area (Å²) in [4.78, 5) is 12.2. The van der Waals surface area contributed by atoms with Crippen molar-refractivity contribution in [2.24, 2.45) is 11.1 Å². The lowest BCUT2D eigenvalue weighted by Gasteiger charge is -2.39. The first-order chi connectivity index (χ1) is 9.11. The highest BCUT2D eigenvalue weighted by atomic mass is 16.2. The van der Waals surface area contributed by atoms with Gasteiger partial charge in [0.05, 0.1) is 5.41 Å². The van der Waals surface area contributed by atoms with E-state index >= 15 is 0 Å². The molecule has 1 amide bonds. The number of hydrogen-bond acceptors (Lipinski definition) is 2. The number of amides is 1. The van der Waals surface area contributed by atoms with Crippen molar-refractivity contribution in [2.45, 2.75) is 45.4 Å². The Morgan fingerprint density at radius 1 is 1.37 bits per heavy atom. The third kappa shape index (κ3) is 2.81. The molecule has 0 heterocycles. The zero-order valence-corrected chi connectivity index (χ0v) is 11.9. The van der Waals surface area contributed by atoms with Crippen molar-refractivity contribution in [3.8, 4) is 0 Å². The number of nitrogens with one attached hydrogen (secondary N) is 1. The van der Waals surface area contributed by atoms with Crippen LogP contribution in [0.3, 0.4) is 0 Å². The molecule has 0 saturated heterocycles. The van der Waals surface area contributed by atoms with Crippen LogP contribution >= 0.6 is 0 Å². The molecule has 3 heteroatoms. The van der Waals surface area contributed by atoms with E-state index in [1.54, 1.807) is 0 Å². The predicted molar refractivity (Wildman–Crippen MR) is 79.1 cm³/mol. The number of nitrogens with two attached hydrogens (primary N) is 1. The monoisotopic (exact) mass is 260 g/mol. The topological polar surface area (TPSA) is 55.1 Å². The quantitative estimate of drug-likeness (QED) is 0.853. The second-order valence-electron chi connectivity index (χ2n) is 5.72. The Morgan fingerprint density at radius 3 is 2.42 bits per heavy atom. The molecule has 3 nitrogen and oxygen atoms in total. The van der Waals surface area contributed by atoms with Gasteiger partial charge in [-0.2, -0.15) is 0 Å². The summed E-state index contributed by atoms with van der Waals surface area (Å²) in [6.07, 6.45) is 4.07. The summed E-state index contributed by atoms with van der Waals surface area (Å²) in [5.74, 6) is 0.643. The van der Waals surface area contributed by atoms with E-state index in [9.17, 15) is 4.79 Å². The number of carbonyl (C=O) groups is 1. The molecule has 0 aromatic heterocycles. The highest BCUT2D eigenvalue weighted by Crippen LogP contribution is 2.40. The average molecular weight is 260 g/mol. The molecular formula is C16H24N2O. The van der Waals surface area contributed by atoms with Gasteiger partial charge in [-0.05, 0) is 42.9 Å². The van der Waals surface area contributed by atoms with Crippen molar-refractivity contribution in [1.82, 2.24) is 0 Å². The van der Waals surface area contributed by atoms with Crippen molar-refractivity contribution >= 4 is 11.6 Å². The van der Waals surface area contributed by atoms with Crippen LogP contribution < -0.4 is 11.1 Å². The molecule has 3 N–H and O–H groups in total. The maximum absolute atomic E-state index is 12.2. The lowest BCUT2D eigenvalue weighted by Crippen LogP contribution is -2.47. The van der Waals surface area contributed by atoms with Crippen LogP contribution in [-0.4, -0.2) is 12.5 Å². The number of rotatable bonds is 5. The van der Waals surface area contributed by atoms with Crippen molar-refractivity contribution in [1.29, 1.82) is 0 Å². The normalized spacial score (nSPS) is 18.5. The summed E-state index contributed by atoms with van der Waals surface area (Å²) in [5.41, 5.74) is 7.62. The molecule has 0 bridgehead atoms. The fourth-order valence-corrected chi connectivity index (χ4v) is 2.52. The Balaban J connectivity index is 2.01. The Kier molecular flexibility index (Phi) is 4.25. The van der Waals surface area contributed by atoms with E-state index in [4.69, 9.17) is 5.73 Å². The van der Waals surface area contributed by atoms with Crippen molar-refractivity contribution in [3.05, 3.63) is 29.8 Å². The second kappa shape index (κ2) is 5.74. The maximum Gasteiger partial charge on any atom is 0.231 e. The standard InChI is InChI=1S/C16H24N2O/c1-3-12(2)13-5-7-14(8-6-13)18-15(19)16(11-17)9-4-10-16/h5-8,12H,3-4,9-11,17H2,1-2H3,(H,18,19). The zero-order chi connectivity index (χ0) is 13.9. The molecule has 104 valence electrons. The predicted octanol–water partition coefficient (Wildman–Crippen LogP) is 3.27. The van der Waals surface area contributed by atoms with E-state index in [1.165, 1.54) is 5.56 Å². The van der Waals surface area contributed by atoms with Gasteiger partial charge in [0, 0.05) is 12.2 Å². The number of anilines is 1. The van der Waals surface area contributed by atoms with Crippen molar-refractivity contribution in [3.63, 3.8) is 0 Å². The molecule has 0 aliphatic heterocycles. The smallest absolute Gasteiger partial charge is 0.231 e. The minimum Gasteiger partial charge on any atom is -0.329 e. The van der Waals surface area contributed by atoms with Gasteiger partial charge in [0.1, 0.15) is 0 Å². The molecule has 1 fully saturated rings. The van der Waals surface area contributed by atoms with E-state index in [0.717, 1.165) is 31.4 Å². The molecular weight excluding hydrogens is 236 g/mol. The molecule has 1 aromatic rings. The van der Waals surface area contributed by atoms with Crippen LogP contribution in [0.1, 0.15) is 51.0 Å². The summed E-state index contributed by atoms with van der Waals surface area (Å²) in [6.45, 7) is 4.84. The minimum absolute atomic E-state index is 0.0811. The Hall–Kier alpha value is -1.35. The largest absolute Gasteiger partial charge is 0.329 e. The Bertz CT molecular complexity index is 429. The van der Waals surface area contributed by atoms with E-state index in [2.05, 4.69) is 31.3 Å². The zero-order valence-electron chi connectivity index (χ0n) is 11.9. The van der Waals surface area contributed by atoms with Gasteiger partial charge in [-0.25, -0.2) is 0 Å². The summed E-state index contributed by atoms with van der Waals surface area (Å²) in [6, 6.07) is 8.17. The van der Waals surface area contributed by atoms with Gasteiger partial charge in [0.15, 0.2) is 0 Å². The minimum atomic E-state index is -0.310. The summed E-state index contributed by atoms with van der Waals surface area (Å²) >= 11 is 0. The summed E-state index contributed by atoms with van der Waals surface area (Å²) in [5, 5.41) is 3.00. The van der Waals surface area contributed by atoms with E-state index in [-0.39, 0.29) is 11.3 Å². The highest BCUT2D eigenvalue weighted by Gasteiger charge is 2.42. The van der Waals surface area contributed by atoms with Gasteiger partial charge in [-0.1, -0.05) is 32.4 Å². The van der Waals surface area contributed by atoms with Crippen LogP contribution in [0.5, 0.6) is 0 Å². The highest BCUT2D eigenvalue weighted by molar-refractivity contribution is 5.96. The van der Waals surface area contributed by atoms with E-state index in [0.29, 0.717) is 12.5 Å². The molecule has 0 radical (unpaired) electrons. The lowest BCUT2D eigenvalue weighted by atomic mass is 9.68. The summed E-state index contributed by atoms with van der Waals surface area (Å²) in [7, 11) is 0. The number of benzene rings is 1. The van der Waals surface area contributed by atoms with E-state index < -0.39 is 0 Å². The number of hydrogen-bond donors (Lipinski definition) is 2. The SMILES string of the molecule is CCC(C)c1ccc(NC(=O)C2(CN)CCC2)cc1. The maximum atomic E-state index is 12.2. The molecule has 1 saturated carbocycles. The second-order valence-corrected chi connectivity index (χ2v) is 5.72. The van der Waals surface area contributed by atoms with Gasteiger partial charge in [-0.15, -0.1) is 0 Å². The van der Waals surface area contributed by atoms with Crippen LogP contribution in [-0.2, 0) is 4.79 Å². The Morgan fingerprint density at radius 2 is 2.00 bits per heavy atom. The molecule has 1 unspecified atom stereocenters.